The third-order valence-corrected chi connectivity index (χ3v) is 6.72. The van der Waals surface area contributed by atoms with E-state index < -0.39 is 0 Å². The lowest BCUT2D eigenvalue weighted by atomic mass is 10.0. The van der Waals surface area contributed by atoms with Crippen molar-refractivity contribution in [2.75, 3.05) is 33.2 Å². The number of halogens is 2. The Bertz CT molecular complexity index is 1050. The van der Waals surface area contributed by atoms with E-state index in [0.717, 1.165) is 56.6 Å². The Hall–Kier alpha value is -2.01. The van der Waals surface area contributed by atoms with E-state index in [2.05, 4.69) is 47.4 Å². The molecule has 1 aliphatic heterocycles. The normalized spacial score (nSPS) is 14.4. The van der Waals surface area contributed by atoms with Gasteiger partial charge in [0.05, 0.1) is 16.5 Å². The summed E-state index contributed by atoms with van der Waals surface area (Å²) < 4.78 is 0. The highest BCUT2D eigenvalue weighted by Crippen LogP contribution is 2.28. The van der Waals surface area contributed by atoms with Crippen LogP contribution < -0.4 is 0 Å². The molecule has 4 rings (SSSR count). The van der Waals surface area contributed by atoms with Crippen molar-refractivity contribution in [2.45, 2.75) is 25.7 Å². The molecule has 1 N–H and O–H groups in total. The van der Waals surface area contributed by atoms with Crippen molar-refractivity contribution < 1.29 is 4.79 Å². The summed E-state index contributed by atoms with van der Waals surface area (Å²) >= 11 is 12.3. The minimum Gasteiger partial charge on any atom is -0.361 e. The summed E-state index contributed by atoms with van der Waals surface area (Å²) in [5, 5.41) is 2.39. The summed E-state index contributed by atoms with van der Waals surface area (Å²) in [7, 11) is 2.15. The van der Waals surface area contributed by atoms with E-state index in [4.69, 9.17) is 23.2 Å². The molecule has 2 heterocycles. The summed E-state index contributed by atoms with van der Waals surface area (Å²) in [5.74, 6) is 0.175. The second-order valence-electron chi connectivity index (χ2n) is 8.11. The maximum atomic E-state index is 12.7. The topological polar surface area (TPSA) is 39.3 Å². The van der Waals surface area contributed by atoms with Gasteiger partial charge in [-0.15, -0.1) is 0 Å². The van der Waals surface area contributed by atoms with E-state index in [0.29, 0.717) is 16.5 Å². The third-order valence-electron chi connectivity index (χ3n) is 5.99. The van der Waals surface area contributed by atoms with Gasteiger partial charge in [-0.1, -0.05) is 41.4 Å². The lowest BCUT2D eigenvalue weighted by Crippen LogP contribution is -2.35. The maximum absolute atomic E-state index is 12.7. The van der Waals surface area contributed by atoms with Crippen LogP contribution in [0.1, 0.15) is 23.1 Å². The predicted molar refractivity (Wildman–Crippen MR) is 125 cm³/mol. The third kappa shape index (κ3) is 4.83. The standard InChI is InChI=1S/C24H27Cl2N3O/c1-28(11-7-18-16-27-23-6-3-2-5-20(18)23)9-4-10-29-12-8-17-13-21(25)22(26)14-19(17)15-24(29)30/h2-3,5-6,13-14,16,27H,4,7-12,15H2,1H3. The number of para-hydroxylation sites is 1. The van der Waals surface area contributed by atoms with Crippen molar-refractivity contribution in [3.63, 3.8) is 0 Å². The quantitative estimate of drug-likeness (QED) is 0.559. The van der Waals surface area contributed by atoms with Gasteiger partial charge in [-0.3, -0.25) is 4.79 Å². The highest BCUT2D eigenvalue weighted by Gasteiger charge is 2.21. The molecule has 0 saturated carbocycles. The van der Waals surface area contributed by atoms with Gasteiger partial charge in [0.15, 0.2) is 0 Å². The number of rotatable bonds is 7. The number of hydrogen-bond acceptors (Lipinski definition) is 2. The van der Waals surface area contributed by atoms with E-state index in [9.17, 15) is 4.79 Å². The zero-order valence-electron chi connectivity index (χ0n) is 17.3. The molecule has 0 saturated heterocycles. The van der Waals surface area contributed by atoms with Gasteiger partial charge in [0.1, 0.15) is 0 Å². The van der Waals surface area contributed by atoms with Crippen LogP contribution >= 0.6 is 23.2 Å². The van der Waals surface area contributed by atoms with Crippen LogP contribution in [-0.2, 0) is 24.1 Å². The van der Waals surface area contributed by atoms with Crippen LogP contribution in [0.4, 0.5) is 0 Å². The number of benzene rings is 2. The monoisotopic (exact) mass is 443 g/mol. The lowest BCUT2D eigenvalue weighted by Gasteiger charge is -2.22. The Kier molecular flexibility index (Phi) is 6.67. The highest BCUT2D eigenvalue weighted by atomic mass is 35.5. The number of amides is 1. The summed E-state index contributed by atoms with van der Waals surface area (Å²) in [6.45, 7) is 3.49. The van der Waals surface area contributed by atoms with Crippen LogP contribution in [0.3, 0.4) is 0 Å². The zero-order chi connectivity index (χ0) is 21.1. The Morgan fingerprint density at radius 2 is 1.87 bits per heavy atom. The Balaban J connectivity index is 1.25. The van der Waals surface area contributed by atoms with Crippen LogP contribution in [-0.4, -0.2) is 53.9 Å². The van der Waals surface area contributed by atoms with Crippen molar-refractivity contribution in [3.05, 3.63) is 69.3 Å². The van der Waals surface area contributed by atoms with Gasteiger partial charge in [-0.2, -0.15) is 0 Å². The maximum Gasteiger partial charge on any atom is 0.227 e. The summed E-state index contributed by atoms with van der Waals surface area (Å²) in [6.07, 6.45) is 5.33. The molecule has 0 spiro atoms. The molecule has 0 fully saturated rings. The number of nitrogens with one attached hydrogen (secondary N) is 1. The molecular weight excluding hydrogens is 417 g/mol. The molecule has 3 aromatic rings. The van der Waals surface area contributed by atoms with Crippen LogP contribution in [0.25, 0.3) is 10.9 Å². The number of carbonyl (C=O) groups excluding carboxylic acids is 1. The average molecular weight is 444 g/mol. The molecule has 0 aliphatic carbocycles. The van der Waals surface area contributed by atoms with Gasteiger partial charge in [0, 0.05) is 36.7 Å². The molecule has 0 atom stereocenters. The molecule has 30 heavy (non-hydrogen) atoms. The van der Waals surface area contributed by atoms with Crippen molar-refractivity contribution in [1.29, 1.82) is 0 Å². The number of H-pyrrole nitrogens is 1. The second kappa shape index (κ2) is 9.42. The highest BCUT2D eigenvalue weighted by molar-refractivity contribution is 6.42. The number of aromatic nitrogens is 1. The van der Waals surface area contributed by atoms with Crippen molar-refractivity contribution >= 4 is 40.0 Å². The fraction of sp³-hybridized carbons (Fsp3) is 0.375. The largest absolute Gasteiger partial charge is 0.361 e. The molecule has 6 heteroatoms. The van der Waals surface area contributed by atoms with Crippen molar-refractivity contribution in [3.8, 4) is 0 Å². The molecular formula is C24H27Cl2N3O. The Labute approximate surface area is 187 Å². The molecule has 1 aromatic heterocycles. The van der Waals surface area contributed by atoms with E-state index in [1.807, 2.05) is 17.0 Å². The van der Waals surface area contributed by atoms with Gasteiger partial charge in [-0.25, -0.2) is 0 Å². The fourth-order valence-electron chi connectivity index (χ4n) is 4.21. The summed E-state index contributed by atoms with van der Waals surface area (Å²) in [4.78, 5) is 20.4. The Morgan fingerprint density at radius 3 is 2.70 bits per heavy atom. The SMILES string of the molecule is CN(CCCN1CCc2cc(Cl)c(Cl)cc2CC1=O)CCc1c[nH]c2ccccc12. The number of likely N-dealkylation sites (N-methyl/N-ethyl adjacent to an activating group) is 1. The van der Waals surface area contributed by atoms with Gasteiger partial charge >= 0.3 is 0 Å². The molecule has 4 nitrogen and oxygen atoms in total. The fourth-order valence-corrected chi connectivity index (χ4v) is 4.58. The summed E-state index contributed by atoms with van der Waals surface area (Å²) in [6, 6.07) is 12.2. The number of carbonyl (C=O) groups is 1. The molecule has 0 bridgehead atoms. The number of aromatic amines is 1. The van der Waals surface area contributed by atoms with Crippen LogP contribution in [0.15, 0.2) is 42.6 Å². The molecule has 158 valence electrons. The van der Waals surface area contributed by atoms with E-state index in [1.54, 1.807) is 0 Å². The first kappa shape index (κ1) is 21.2. The van der Waals surface area contributed by atoms with Gasteiger partial charge in [0.25, 0.3) is 0 Å². The van der Waals surface area contributed by atoms with E-state index in [1.165, 1.54) is 16.5 Å². The second-order valence-corrected chi connectivity index (χ2v) is 8.92. The van der Waals surface area contributed by atoms with Gasteiger partial charge in [0.2, 0.25) is 5.91 Å². The number of fused-ring (bicyclic) bond motifs is 2. The minimum atomic E-state index is 0.175. The first-order chi connectivity index (χ1) is 14.5. The predicted octanol–water partition coefficient (Wildman–Crippen LogP) is 4.97. The van der Waals surface area contributed by atoms with Gasteiger partial charge < -0.3 is 14.8 Å². The molecule has 2 aromatic carbocycles. The van der Waals surface area contributed by atoms with Gasteiger partial charge in [-0.05, 0) is 67.7 Å². The summed E-state index contributed by atoms with van der Waals surface area (Å²) in [5.41, 5.74) is 4.69. The minimum absolute atomic E-state index is 0.175. The van der Waals surface area contributed by atoms with Crippen LogP contribution in [0.5, 0.6) is 0 Å². The molecule has 0 radical (unpaired) electrons. The Morgan fingerprint density at radius 1 is 1.10 bits per heavy atom. The molecule has 1 amide bonds. The van der Waals surface area contributed by atoms with E-state index in [-0.39, 0.29) is 5.91 Å². The smallest absolute Gasteiger partial charge is 0.227 e. The molecule has 1 aliphatic rings. The first-order valence-electron chi connectivity index (χ1n) is 10.5. The number of nitrogens with zero attached hydrogens (tertiary/aromatic N) is 2. The number of hydrogen-bond donors (Lipinski definition) is 1. The van der Waals surface area contributed by atoms with Crippen LogP contribution in [0, 0.1) is 0 Å². The zero-order valence-corrected chi connectivity index (χ0v) is 18.8. The van der Waals surface area contributed by atoms with Crippen molar-refractivity contribution in [2.24, 2.45) is 0 Å². The van der Waals surface area contributed by atoms with Crippen LogP contribution in [0.2, 0.25) is 10.0 Å². The first-order valence-corrected chi connectivity index (χ1v) is 11.2. The lowest BCUT2D eigenvalue weighted by molar-refractivity contribution is -0.130. The van der Waals surface area contributed by atoms with Crippen molar-refractivity contribution in [1.82, 2.24) is 14.8 Å². The average Bonchev–Trinajstić information content (AvgIpc) is 3.08. The molecule has 0 unspecified atom stereocenters. The van der Waals surface area contributed by atoms with E-state index >= 15 is 0 Å².